The van der Waals surface area contributed by atoms with Crippen LogP contribution in [0.2, 0.25) is 0 Å². The zero-order chi connectivity index (χ0) is 30.7. The topological polar surface area (TPSA) is 98.7 Å². The van der Waals surface area contributed by atoms with Crippen LogP contribution in [0.3, 0.4) is 0 Å². The number of hydrogen-bond acceptors (Lipinski definition) is 4. The Morgan fingerprint density at radius 2 is 0.881 bits per heavy atom. The fourth-order valence-electron chi connectivity index (χ4n) is 5.32. The van der Waals surface area contributed by atoms with E-state index in [-0.39, 0.29) is 23.3 Å². The first-order valence-corrected chi connectivity index (χ1v) is 15.9. The molecule has 0 aromatic heterocycles. The Morgan fingerprint density at radius 1 is 0.571 bits per heavy atom. The maximum Gasteiger partial charge on any atom is 0.243 e. The minimum absolute atomic E-state index is 0.107. The van der Waals surface area contributed by atoms with E-state index in [0.717, 1.165) is 110 Å². The molecule has 0 unspecified atom stereocenters. The summed E-state index contributed by atoms with van der Waals surface area (Å²) in [6.45, 7) is 9.67. The summed E-state index contributed by atoms with van der Waals surface area (Å²) in [4.78, 5) is 24.8. The molecule has 0 aliphatic rings. The fraction of sp³-hybridized carbons (Fsp3) is 0.500. The minimum Gasteiger partial charge on any atom is -0.508 e. The van der Waals surface area contributed by atoms with Gasteiger partial charge >= 0.3 is 0 Å². The average molecular weight is 577 g/mol. The van der Waals surface area contributed by atoms with Crippen LogP contribution in [0.25, 0.3) is 12.2 Å². The maximum atomic E-state index is 12.4. The lowest BCUT2D eigenvalue weighted by molar-refractivity contribution is -0.117. The Balaban J connectivity index is 1.73. The van der Waals surface area contributed by atoms with E-state index in [2.05, 4.69) is 38.3 Å². The van der Waals surface area contributed by atoms with E-state index in [1.54, 1.807) is 36.4 Å². The van der Waals surface area contributed by atoms with Crippen LogP contribution in [0.5, 0.6) is 11.5 Å². The molecular weight excluding hydrogens is 524 g/mol. The largest absolute Gasteiger partial charge is 0.508 e. The highest BCUT2D eigenvalue weighted by molar-refractivity contribution is 5.92. The third-order valence-corrected chi connectivity index (χ3v) is 7.25. The number of carbonyl (C=O) groups is 2. The molecule has 2 aromatic carbocycles. The van der Waals surface area contributed by atoms with Crippen LogP contribution in [0.15, 0.2) is 36.4 Å². The SMILES string of the molecule is CCCc1cc(O)cc(CCC)c1C=CC(=O)NCCCCCCNC(=O)C=Cc1c(CCC)cc(O)cc1CCC. The van der Waals surface area contributed by atoms with Crippen molar-refractivity contribution in [2.45, 2.75) is 105 Å². The average Bonchev–Trinajstić information content (AvgIpc) is 2.94. The number of benzene rings is 2. The Kier molecular flexibility index (Phi) is 16.1. The number of nitrogens with one attached hydrogen (secondary N) is 2. The predicted octanol–water partition coefficient (Wildman–Crippen LogP) is 7.43. The van der Waals surface area contributed by atoms with Gasteiger partial charge in [0.15, 0.2) is 0 Å². The molecule has 0 atom stereocenters. The van der Waals surface area contributed by atoms with Gasteiger partial charge in [0.25, 0.3) is 0 Å². The summed E-state index contributed by atoms with van der Waals surface area (Å²) >= 11 is 0. The molecule has 6 nitrogen and oxygen atoms in total. The monoisotopic (exact) mass is 576 g/mol. The Hall–Kier alpha value is -3.54. The van der Waals surface area contributed by atoms with Gasteiger partial charge in [0.1, 0.15) is 11.5 Å². The van der Waals surface area contributed by atoms with Gasteiger partial charge in [0.05, 0.1) is 0 Å². The lowest BCUT2D eigenvalue weighted by Gasteiger charge is -2.12. The molecule has 42 heavy (non-hydrogen) atoms. The molecule has 0 radical (unpaired) electrons. The zero-order valence-corrected chi connectivity index (χ0v) is 26.2. The van der Waals surface area contributed by atoms with Crippen LogP contribution in [0.4, 0.5) is 0 Å². The summed E-state index contributed by atoms with van der Waals surface area (Å²) in [5.41, 5.74) is 6.42. The van der Waals surface area contributed by atoms with Crippen LogP contribution < -0.4 is 10.6 Å². The van der Waals surface area contributed by atoms with E-state index in [9.17, 15) is 19.8 Å². The van der Waals surface area contributed by atoms with Crippen molar-refractivity contribution in [1.82, 2.24) is 10.6 Å². The first kappa shape index (κ1) is 34.7. The number of aromatic hydroxyl groups is 2. The molecule has 2 aromatic rings. The number of unbranched alkanes of at least 4 members (excludes halogenated alkanes) is 3. The highest BCUT2D eigenvalue weighted by atomic mass is 16.3. The second-order valence-electron chi connectivity index (χ2n) is 11.0. The first-order chi connectivity index (χ1) is 20.3. The summed E-state index contributed by atoms with van der Waals surface area (Å²) in [6, 6.07) is 7.23. The third-order valence-electron chi connectivity index (χ3n) is 7.25. The van der Waals surface area contributed by atoms with E-state index < -0.39 is 0 Å². The van der Waals surface area contributed by atoms with E-state index in [1.165, 1.54) is 0 Å². The lowest BCUT2D eigenvalue weighted by atomic mass is 9.94. The van der Waals surface area contributed by atoms with E-state index >= 15 is 0 Å². The number of phenols is 2. The predicted molar refractivity (Wildman–Crippen MR) is 175 cm³/mol. The van der Waals surface area contributed by atoms with Gasteiger partial charge < -0.3 is 20.8 Å². The van der Waals surface area contributed by atoms with Gasteiger partial charge in [-0.1, -0.05) is 66.2 Å². The standard InChI is InChI=1S/C36H52N2O4/c1-5-13-27-23-31(39)24-28(14-6-2)33(27)17-19-35(41)37-21-11-9-10-12-22-38-36(42)20-18-34-29(15-7-3)25-32(40)26-30(34)16-8-4/h17-20,23-26,39-40H,5-16,21-22H2,1-4H3,(H,37,41)(H,38,42). The molecular formula is C36H52N2O4. The molecule has 0 bridgehead atoms. The summed E-state index contributed by atoms with van der Waals surface area (Å²) in [5.74, 6) is 0.362. The van der Waals surface area contributed by atoms with Gasteiger partial charge in [-0.3, -0.25) is 9.59 Å². The molecule has 2 rings (SSSR count). The van der Waals surface area contributed by atoms with Crippen LogP contribution >= 0.6 is 0 Å². The quantitative estimate of drug-likeness (QED) is 0.103. The van der Waals surface area contributed by atoms with Crippen LogP contribution in [0, 0.1) is 0 Å². The fourth-order valence-corrected chi connectivity index (χ4v) is 5.32. The van der Waals surface area contributed by atoms with Crippen molar-refractivity contribution in [2.24, 2.45) is 0 Å². The molecule has 6 heteroatoms. The van der Waals surface area contributed by atoms with Crippen molar-refractivity contribution >= 4 is 24.0 Å². The highest BCUT2D eigenvalue weighted by Crippen LogP contribution is 2.27. The van der Waals surface area contributed by atoms with E-state index in [1.807, 2.05) is 12.2 Å². The highest BCUT2D eigenvalue weighted by Gasteiger charge is 2.10. The summed E-state index contributed by atoms with van der Waals surface area (Å²) < 4.78 is 0. The molecule has 0 heterocycles. The van der Waals surface area contributed by atoms with Crippen molar-refractivity contribution < 1.29 is 19.8 Å². The Labute approximate surface area is 253 Å². The number of rotatable bonds is 19. The molecule has 0 spiro atoms. The summed E-state index contributed by atoms with van der Waals surface area (Å²) in [5, 5.41) is 26.1. The van der Waals surface area contributed by atoms with Gasteiger partial charge in [0.2, 0.25) is 11.8 Å². The smallest absolute Gasteiger partial charge is 0.243 e. The Bertz CT molecular complexity index is 1050. The normalized spacial score (nSPS) is 11.4. The molecule has 230 valence electrons. The van der Waals surface area contributed by atoms with E-state index in [0.29, 0.717) is 13.1 Å². The number of amides is 2. The molecule has 0 aliphatic heterocycles. The number of carbonyl (C=O) groups excluding carboxylic acids is 2. The van der Waals surface area contributed by atoms with Crippen molar-refractivity contribution in [3.63, 3.8) is 0 Å². The maximum absolute atomic E-state index is 12.4. The molecule has 0 fully saturated rings. The number of hydrogen-bond donors (Lipinski definition) is 4. The van der Waals surface area contributed by atoms with Crippen LogP contribution in [-0.4, -0.2) is 35.1 Å². The third kappa shape index (κ3) is 12.1. The molecule has 4 N–H and O–H groups in total. The number of phenolic OH excluding ortho intramolecular Hbond substituents is 2. The van der Waals surface area contributed by atoms with E-state index in [4.69, 9.17) is 0 Å². The van der Waals surface area contributed by atoms with Crippen molar-refractivity contribution in [3.8, 4) is 11.5 Å². The lowest BCUT2D eigenvalue weighted by Crippen LogP contribution is -2.23. The van der Waals surface area contributed by atoms with Gasteiger partial charge in [-0.25, -0.2) is 0 Å². The second kappa shape index (κ2) is 19.6. The Morgan fingerprint density at radius 3 is 1.17 bits per heavy atom. The molecule has 0 aliphatic carbocycles. The number of aryl methyl sites for hydroxylation is 4. The molecule has 0 saturated heterocycles. The van der Waals surface area contributed by atoms with Crippen LogP contribution in [0.1, 0.15) is 112 Å². The molecule has 0 saturated carbocycles. The van der Waals surface area contributed by atoms with Crippen molar-refractivity contribution in [1.29, 1.82) is 0 Å². The van der Waals surface area contributed by atoms with Gasteiger partial charge in [0, 0.05) is 25.2 Å². The van der Waals surface area contributed by atoms with Gasteiger partial charge in [-0.05, 0) is 108 Å². The van der Waals surface area contributed by atoms with Crippen molar-refractivity contribution in [3.05, 3.63) is 69.8 Å². The van der Waals surface area contributed by atoms with Gasteiger partial charge in [-0.15, -0.1) is 0 Å². The van der Waals surface area contributed by atoms with Crippen LogP contribution in [-0.2, 0) is 35.3 Å². The first-order valence-electron chi connectivity index (χ1n) is 15.9. The summed E-state index contributed by atoms with van der Waals surface area (Å²) in [7, 11) is 0. The minimum atomic E-state index is -0.107. The van der Waals surface area contributed by atoms with Crippen molar-refractivity contribution in [2.75, 3.05) is 13.1 Å². The summed E-state index contributed by atoms with van der Waals surface area (Å²) in [6.07, 6.45) is 18.0. The second-order valence-corrected chi connectivity index (χ2v) is 11.0. The molecule has 2 amide bonds. The zero-order valence-electron chi connectivity index (χ0n) is 26.2. The van der Waals surface area contributed by atoms with Gasteiger partial charge in [-0.2, -0.15) is 0 Å².